The summed E-state index contributed by atoms with van der Waals surface area (Å²) in [6.07, 6.45) is 3.75. The van der Waals surface area contributed by atoms with Crippen LogP contribution in [0.15, 0.2) is 227 Å². The van der Waals surface area contributed by atoms with Gasteiger partial charge in [0.25, 0.3) is 0 Å². The van der Waals surface area contributed by atoms with Crippen LogP contribution in [0.4, 0.5) is 0 Å². The normalized spacial score (nSPS) is 12.3. The molecule has 0 atom stereocenters. The van der Waals surface area contributed by atoms with Gasteiger partial charge in [0, 0.05) is 66.9 Å². The first-order chi connectivity index (χ1) is 32.3. The Morgan fingerprint density at radius 3 is 1.23 bits per heavy atom. The number of hydrogen-bond donors (Lipinski definition) is 0. The van der Waals surface area contributed by atoms with Crippen molar-refractivity contribution in [2.24, 2.45) is 0 Å². The SMILES string of the molecule is c1ccc([Si](c2ccccc2)(c2cccc3c2oc2ccc(-n4c5ccccc5c5cccnc54)cc23)c2cccc3c2oc2ccc(-n4c5ccccc5c5cccnc54)cc23)cc1. The number of hydrogen-bond acceptors (Lipinski definition) is 4. The Kier molecular flexibility index (Phi) is 7.61. The molecule has 0 unspecified atom stereocenters. The van der Waals surface area contributed by atoms with E-state index in [9.17, 15) is 0 Å². The van der Waals surface area contributed by atoms with Gasteiger partial charge < -0.3 is 8.83 Å². The van der Waals surface area contributed by atoms with Crippen LogP contribution in [0.2, 0.25) is 0 Å². The molecule has 304 valence electrons. The van der Waals surface area contributed by atoms with Crippen LogP contribution in [0.5, 0.6) is 0 Å². The number of rotatable bonds is 6. The molecule has 65 heavy (non-hydrogen) atoms. The lowest BCUT2D eigenvalue weighted by molar-refractivity contribution is 0.670. The number of para-hydroxylation sites is 4. The molecule has 0 aliphatic rings. The maximum Gasteiger partial charge on any atom is 0.188 e. The molecule has 0 spiro atoms. The molecule has 0 aliphatic carbocycles. The van der Waals surface area contributed by atoms with Crippen molar-refractivity contribution in [1.82, 2.24) is 19.1 Å². The molecule has 0 amide bonds. The van der Waals surface area contributed by atoms with E-state index < -0.39 is 8.07 Å². The molecular weight excluding hydrogens is 813 g/mol. The second kappa shape index (κ2) is 13.7. The molecule has 0 aliphatic heterocycles. The van der Waals surface area contributed by atoms with E-state index in [1.54, 1.807) is 0 Å². The van der Waals surface area contributed by atoms with Gasteiger partial charge in [-0.15, -0.1) is 0 Å². The smallest absolute Gasteiger partial charge is 0.188 e. The van der Waals surface area contributed by atoms with E-state index in [1.165, 1.54) is 21.1 Å². The minimum atomic E-state index is -3.25. The van der Waals surface area contributed by atoms with Crippen molar-refractivity contribution in [1.29, 1.82) is 0 Å². The van der Waals surface area contributed by atoms with E-state index in [1.807, 2.05) is 24.5 Å². The zero-order valence-corrected chi connectivity index (χ0v) is 35.9. The molecule has 7 heteroatoms. The first kappa shape index (κ1) is 36.0. The third kappa shape index (κ3) is 5.04. The Morgan fingerprint density at radius 2 is 0.754 bits per heavy atom. The van der Waals surface area contributed by atoms with Crippen LogP contribution in [0.1, 0.15) is 0 Å². The lowest BCUT2D eigenvalue weighted by Gasteiger charge is -2.34. The lowest BCUT2D eigenvalue weighted by Crippen LogP contribution is -2.75. The summed E-state index contributed by atoms with van der Waals surface area (Å²) in [7, 11) is -3.25. The highest BCUT2D eigenvalue weighted by Gasteiger charge is 2.45. The third-order valence-electron chi connectivity index (χ3n) is 13.6. The molecule has 14 aromatic rings. The number of furan rings is 2. The second-order valence-electron chi connectivity index (χ2n) is 16.9. The summed E-state index contributed by atoms with van der Waals surface area (Å²) in [5.41, 5.74) is 9.60. The van der Waals surface area contributed by atoms with Gasteiger partial charge in [-0.1, -0.05) is 133 Å². The zero-order valence-electron chi connectivity index (χ0n) is 34.9. The summed E-state index contributed by atoms with van der Waals surface area (Å²) in [5.74, 6) is 0. The molecule has 14 rings (SSSR count). The van der Waals surface area contributed by atoms with Crippen molar-refractivity contribution >= 4 is 117 Å². The van der Waals surface area contributed by atoms with Crippen molar-refractivity contribution in [3.8, 4) is 11.4 Å². The molecule has 0 N–H and O–H groups in total. The maximum atomic E-state index is 7.17. The van der Waals surface area contributed by atoms with Gasteiger partial charge in [-0.2, -0.15) is 0 Å². The van der Waals surface area contributed by atoms with E-state index in [0.29, 0.717) is 0 Å². The summed E-state index contributed by atoms with van der Waals surface area (Å²) >= 11 is 0. The van der Waals surface area contributed by atoms with Crippen LogP contribution < -0.4 is 20.7 Å². The molecule has 0 fully saturated rings. The number of pyridine rings is 2. The molecule has 6 heterocycles. The topological polar surface area (TPSA) is 61.9 Å². The Morgan fingerprint density at radius 1 is 0.338 bits per heavy atom. The van der Waals surface area contributed by atoms with E-state index in [0.717, 1.165) is 98.7 Å². The van der Waals surface area contributed by atoms with Gasteiger partial charge >= 0.3 is 0 Å². The molecule has 6 nitrogen and oxygen atoms in total. The number of aromatic nitrogens is 4. The largest absolute Gasteiger partial charge is 0.456 e. The highest BCUT2D eigenvalue weighted by molar-refractivity contribution is 7.21. The Hall–Kier alpha value is -8.52. The quantitative estimate of drug-likeness (QED) is 0.124. The fraction of sp³-hybridized carbons (Fsp3) is 0. The number of benzene rings is 8. The van der Waals surface area contributed by atoms with Gasteiger partial charge in [0.15, 0.2) is 8.07 Å². The zero-order chi connectivity index (χ0) is 42.6. The highest BCUT2D eigenvalue weighted by Crippen LogP contribution is 2.38. The first-order valence-corrected chi connectivity index (χ1v) is 24.0. The molecule has 8 aromatic carbocycles. The van der Waals surface area contributed by atoms with Gasteiger partial charge in [0.05, 0.1) is 11.0 Å². The standard InChI is InChI=1S/C58H36N4O2Si/c1-3-15-39(16-4-1)65(40-17-5-2-6-18-40,53-27-11-21-43-47-35-37(29-31-51(47)63-55(43)53)61-49-25-9-7-19-41(49)45-23-13-33-59-57(45)61)54-28-12-22-44-48-36-38(30-32-52(48)64-56(44)54)62-50-26-10-8-20-42(50)46-24-14-34-60-58(46)62/h1-36H. The molecule has 0 radical (unpaired) electrons. The van der Waals surface area contributed by atoms with Gasteiger partial charge in [0.1, 0.15) is 33.6 Å². The van der Waals surface area contributed by atoms with E-state index in [4.69, 9.17) is 18.8 Å². The Labute approximate surface area is 372 Å². The minimum absolute atomic E-state index is 0.836. The molecule has 0 saturated heterocycles. The Balaban J connectivity index is 1.04. The fourth-order valence-electron chi connectivity index (χ4n) is 10.9. The number of nitrogens with zero attached hydrogens (tertiary/aromatic N) is 4. The molecule has 0 saturated carbocycles. The highest BCUT2D eigenvalue weighted by atomic mass is 28.3. The second-order valence-corrected chi connectivity index (χ2v) is 20.6. The molecule has 6 aromatic heterocycles. The fourth-order valence-corrected chi connectivity index (χ4v) is 15.9. The predicted octanol–water partition coefficient (Wildman–Crippen LogP) is 11.8. The number of fused-ring (bicyclic) bond motifs is 12. The van der Waals surface area contributed by atoms with Crippen molar-refractivity contribution < 1.29 is 8.83 Å². The van der Waals surface area contributed by atoms with Crippen molar-refractivity contribution in [3.63, 3.8) is 0 Å². The van der Waals surface area contributed by atoms with Crippen LogP contribution >= 0.6 is 0 Å². The molecule has 0 bridgehead atoms. The van der Waals surface area contributed by atoms with E-state index in [-0.39, 0.29) is 0 Å². The van der Waals surface area contributed by atoms with E-state index >= 15 is 0 Å². The summed E-state index contributed by atoms with van der Waals surface area (Å²) in [6, 6.07) is 74.0. The lowest BCUT2D eigenvalue weighted by atomic mass is 10.1. The Bertz CT molecular complexity index is 3820. The van der Waals surface area contributed by atoms with Crippen molar-refractivity contribution in [2.75, 3.05) is 0 Å². The summed E-state index contributed by atoms with van der Waals surface area (Å²) in [4.78, 5) is 9.77. The van der Waals surface area contributed by atoms with Crippen LogP contribution in [0.25, 0.3) is 99.1 Å². The van der Waals surface area contributed by atoms with Crippen molar-refractivity contribution in [3.05, 3.63) is 219 Å². The van der Waals surface area contributed by atoms with Gasteiger partial charge in [-0.25, -0.2) is 9.97 Å². The third-order valence-corrected chi connectivity index (χ3v) is 18.4. The van der Waals surface area contributed by atoms with Crippen molar-refractivity contribution in [2.45, 2.75) is 0 Å². The minimum Gasteiger partial charge on any atom is -0.456 e. The van der Waals surface area contributed by atoms with Gasteiger partial charge in [-0.3, -0.25) is 9.13 Å². The monoisotopic (exact) mass is 848 g/mol. The first-order valence-electron chi connectivity index (χ1n) is 22.0. The van der Waals surface area contributed by atoms with E-state index in [2.05, 4.69) is 203 Å². The van der Waals surface area contributed by atoms with Crippen LogP contribution in [0, 0.1) is 0 Å². The summed E-state index contributed by atoms with van der Waals surface area (Å²) in [6.45, 7) is 0. The molecular formula is C58H36N4O2Si. The van der Waals surface area contributed by atoms with Gasteiger partial charge in [0.2, 0.25) is 0 Å². The van der Waals surface area contributed by atoms with Crippen LogP contribution in [-0.4, -0.2) is 27.2 Å². The summed E-state index contributed by atoms with van der Waals surface area (Å²) < 4.78 is 18.9. The maximum absolute atomic E-state index is 7.17. The van der Waals surface area contributed by atoms with Gasteiger partial charge in [-0.05, 0) is 93.5 Å². The summed E-state index contributed by atoms with van der Waals surface area (Å²) in [5, 5.41) is 13.7. The average Bonchev–Trinajstić information content (AvgIpc) is 4.13. The van der Waals surface area contributed by atoms with Crippen LogP contribution in [0.3, 0.4) is 0 Å². The van der Waals surface area contributed by atoms with Crippen LogP contribution in [-0.2, 0) is 0 Å². The average molecular weight is 849 g/mol. The predicted molar refractivity (Wildman–Crippen MR) is 269 cm³/mol.